The molecule has 19 heavy (non-hydrogen) atoms. The zero-order valence-corrected chi connectivity index (χ0v) is 12.0. The van der Waals surface area contributed by atoms with Gasteiger partial charge in [0.05, 0.1) is 5.56 Å². The fourth-order valence-electron chi connectivity index (χ4n) is 3.03. The van der Waals surface area contributed by atoms with Crippen LogP contribution in [0.2, 0.25) is 5.02 Å². The van der Waals surface area contributed by atoms with Gasteiger partial charge in [-0.15, -0.1) is 0 Å². The van der Waals surface area contributed by atoms with Crippen LogP contribution in [0.25, 0.3) is 0 Å². The van der Waals surface area contributed by atoms with Gasteiger partial charge in [0, 0.05) is 10.9 Å². The van der Waals surface area contributed by atoms with Crippen LogP contribution in [0.1, 0.15) is 55.8 Å². The minimum absolute atomic E-state index is 0.0104. The molecule has 0 saturated heterocycles. The first-order valence-corrected chi connectivity index (χ1v) is 7.49. The summed E-state index contributed by atoms with van der Waals surface area (Å²) in [5, 5.41) is 0.334. The molecule has 1 saturated carbocycles. The van der Waals surface area contributed by atoms with Crippen molar-refractivity contribution in [2.45, 2.75) is 45.4 Å². The summed E-state index contributed by atoms with van der Waals surface area (Å²) >= 11 is 5.71. The third kappa shape index (κ3) is 3.56. The average molecular weight is 283 g/mol. The molecule has 1 aromatic rings. The second-order valence-electron chi connectivity index (χ2n) is 5.49. The number of ketones is 1. The van der Waals surface area contributed by atoms with Crippen molar-refractivity contribution >= 4 is 17.4 Å². The zero-order valence-electron chi connectivity index (χ0n) is 11.3. The Bertz CT molecular complexity index is 450. The van der Waals surface area contributed by atoms with Crippen molar-refractivity contribution in [2.75, 3.05) is 0 Å². The Morgan fingerprint density at radius 2 is 2.00 bits per heavy atom. The van der Waals surface area contributed by atoms with Crippen LogP contribution >= 0.6 is 11.6 Å². The van der Waals surface area contributed by atoms with E-state index in [9.17, 15) is 9.18 Å². The molecule has 0 atom stereocenters. The molecule has 2 rings (SSSR count). The summed E-state index contributed by atoms with van der Waals surface area (Å²) < 4.78 is 13.7. The normalized spacial score (nSPS) is 23.3. The highest BCUT2D eigenvalue weighted by atomic mass is 35.5. The lowest BCUT2D eigenvalue weighted by Gasteiger charge is -2.27. The lowest BCUT2D eigenvalue weighted by Crippen LogP contribution is -2.22. The largest absolute Gasteiger partial charge is 0.294 e. The Kier molecular flexibility index (Phi) is 4.98. The van der Waals surface area contributed by atoms with E-state index in [1.807, 2.05) is 0 Å². The van der Waals surface area contributed by atoms with E-state index in [1.54, 1.807) is 6.07 Å². The van der Waals surface area contributed by atoms with Gasteiger partial charge in [-0.1, -0.05) is 31.4 Å². The van der Waals surface area contributed by atoms with Gasteiger partial charge in [0.1, 0.15) is 5.82 Å². The molecule has 1 aliphatic rings. The molecule has 0 bridgehead atoms. The monoisotopic (exact) mass is 282 g/mol. The van der Waals surface area contributed by atoms with E-state index < -0.39 is 5.82 Å². The van der Waals surface area contributed by atoms with Gasteiger partial charge < -0.3 is 0 Å². The SMILES string of the molecule is CCCC1CCC(C(=O)c2ccc(Cl)cc2F)CC1. The smallest absolute Gasteiger partial charge is 0.168 e. The standard InChI is InChI=1S/C16H20ClFO/c1-2-3-11-4-6-12(7-5-11)16(19)14-9-8-13(17)10-15(14)18/h8-12H,2-7H2,1H3. The maximum atomic E-state index is 13.7. The minimum atomic E-state index is -0.492. The molecule has 0 amide bonds. The quantitative estimate of drug-likeness (QED) is 0.688. The van der Waals surface area contributed by atoms with Gasteiger partial charge in [0.25, 0.3) is 0 Å². The molecule has 1 aromatic carbocycles. The van der Waals surface area contributed by atoms with Crippen LogP contribution in [-0.2, 0) is 0 Å². The lowest BCUT2D eigenvalue weighted by atomic mass is 9.77. The van der Waals surface area contributed by atoms with Crippen molar-refractivity contribution in [3.63, 3.8) is 0 Å². The summed E-state index contributed by atoms with van der Waals surface area (Å²) in [6.07, 6.45) is 6.43. The summed E-state index contributed by atoms with van der Waals surface area (Å²) in [5.41, 5.74) is 0.198. The van der Waals surface area contributed by atoms with Crippen LogP contribution in [0.5, 0.6) is 0 Å². The van der Waals surface area contributed by atoms with E-state index >= 15 is 0 Å². The Balaban J connectivity index is 2.01. The van der Waals surface area contributed by atoms with Gasteiger partial charge in [0.2, 0.25) is 0 Å². The van der Waals surface area contributed by atoms with E-state index in [1.165, 1.54) is 25.0 Å². The van der Waals surface area contributed by atoms with Crippen molar-refractivity contribution in [1.29, 1.82) is 0 Å². The van der Waals surface area contributed by atoms with Crippen molar-refractivity contribution in [3.05, 3.63) is 34.6 Å². The fourth-order valence-corrected chi connectivity index (χ4v) is 3.19. The molecule has 0 aromatic heterocycles. The zero-order chi connectivity index (χ0) is 13.8. The number of carbonyl (C=O) groups is 1. The minimum Gasteiger partial charge on any atom is -0.294 e. The summed E-state index contributed by atoms with van der Waals surface area (Å²) in [6, 6.07) is 4.32. The molecule has 0 spiro atoms. The second kappa shape index (κ2) is 6.51. The molecule has 3 heteroatoms. The molecule has 0 heterocycles. The fraction of sp³-hybridized carbons (Fsp3) is 0.562. The molecule has 0 aliphatic heterocycles. The predicted molar refractivity (Wildman–Crippen MR) is 76.1 cm³/mol. The molecule has 0 radical (unpaired) electrons. The molecular weight excluding hydrogens is 263 g/mol. The topological polar surface area (TPSA) is 17.1 Å². The third-order valence-corrected chi connectivity index (χ3v) is 4.35. The van der Waals surface area contributed by atoms with Crippen LogP contribution in [0, 0.1) is 17.7 Å². The first kappa shape index (κ1) is 14.5. The number of hydrogen-bond donors (Lipinski definition) is 0. The number of Topliss-reactive ketones (excluding diaryl/α,β-unsaturated/α-hetero) is 1. The van der Waals surface area contributed by atoms with Crippen LogP contribution in [0.15, 0.2) is 18.2 Å². The highest BCUT2D eigenvalue weighted by molar-refractivity contribution is 6.30. The number of rotatable bonds is 4. The summed E-state index contributed by atoms with van der Waals surface area (Å²) in [4.78, 5) is 12.3. The number of hydrogen-bond acceptors (Lipinski definition) is 1. The maximum Gasteiger partial charge on any atom is 0.168 e. The third-order valence-electron chi connectivity index (χ3n) is 4.11. The van der Waals surface area contributed by atoms with Gasteiger partial charge in [0.15, 0.2) is 5.78 Å². The molecule has 1 fully saturated rings. The Labute approximate surface area is 119 Å². The molecule has 104 valence electrons. The molecule has 0 unspecified atom stereocenters. The molecule has 0 N–H and O–H groups in total. The van der Waals surface area contributed by atoms with Gasteiger partial charge >= 0.3 is 0 Å². The molecule has 1 nitrogen and oxygen atoms in total. The van der Waals surface area contributed by atoms with Crippen molar-refractivity contribution < 1.29 is 9.18 Å². The van der Waals surface area contributed by atoms with Crippen LogP contribution < -0.4 is 0 Å². The van der Waals surface area contributed by atoms with E-state index in [0.29, 0.717) is 5.02 Å². The second-order valence-corrected chi connectivity index (χ2v) is 5.93. The Hall–Kier alpha value is -0.890. The average Bonchev–Trinajstić information content (AvgIpc) is 2.39. The maximum absolute atomic E-state index is 13.7. The highest BCUT2D eigenvalue weighted by Crippen LogP contribution is 2.33. The first-order chi connectivity index (χ1) is 9.11. The van der Waals surface area contributed by atoms with Gasteiger partial charge in [-0.3, -0.25) is 4.79 Å². The Morgan fingerprint density at radius 3 is 2.58 bits per heavy atom. The summed E-state index contributed by atoms with van der Waals surface area (Å²) in [7, 11) is 0. The molecule has 1 aliphatic carbocycles. The number of benzene rings is 1. The molecular formula is C16H20ClFO. The summed E-state index contributed by atoms with van der Waals surface area (Å²) in [5.74, 6) is 0.199. The van der Waals surface area contributed by atoms with E-state index in [-0.39, 0.29) is 17.3 Å². The Morgan fingerprint density at radius 1 is 1.32 bits per heavy atom. The van der Waals surface area contributed by atoms with Gasteiger partial charge in [-0.05, 0) is 49.8 Å². The summed E-state index contributed by atoms with van der Waals surface area (Å²) in [6.45, 7) is 2.19. The van der Waals surface area contributed by atoms with E-state index in [0.717, 1.165) is 31.6 Å². The van der Waals surface area contributed by atoms with Crippen molar-refractivity contribution in [1.82, 2.24) is 0 Å². The van der Waals surface area contributed by atoms with Gasteiger partial charge in [-0.25, -0.2) is 4.39 Å². The van der Waals surface area contributed by atoms with Crippen LogP contribution in [0.3, 0.4) is 0 Å². The van der Waals surface area contributed by atoms with Crippen LogP contribution in [-0.4, -0.2) is 5.78 Å². The first-order valence-electron chi connectivity index (χ1n) is 7.11. The van der Waals surface area contributed by atoms with Gasteiger partial charge in [-0.2, -0.15) is 0 Å². The van der Waals surface area contributed by atoms with Crippen molar-refractivity contribution in [2.24, 2.45) is 11.8 Å². The highest BCUT2D eigenvalue weighted by Gasteiger charge is 2.27. The van der Waals surface area contributed by atoms with E-state index in [2.05, 4.69) is 6.92 Å². The lowest BCUT2D eigenvalue weighted by molar-refractivity contribution is 0.0865. The van der Waals surface area contributed by atoms with Crippen molar-refractivity contribution in [3.8, 4) is 0 Å². The number of halogens is 2. The number of carbonyl (C=O) groups excluding carboxylic acids is 1. The predicted octanol–water partition coefficient (Wildman–Crippen LogP) is 5.27. The van der Waals surface area contributed by atoms with Crippen LogP contribution in [0.4, 0.5) is 4.39 Å². The van der Waals surface area contributed by atoms with E-state index in [4.69, 9.17) is 11.6 Å².